The number of esters is 1. The van der Waals surface area contributed by atoms with Crippen LogP contribution in [-0.4, -0.2) is 65.3 Å². The second-order valence-electron chi connectivity index (χ2n) is 9.35. The van der Waals surface area contributed by atoms with Crippen LogP contribution in [0.4, 0.5) is 10.6 Å². The van der Waals surface area contributed by atoms with Gasteiger partial charge in [-0.2, -0.15) is 4.98 Å². The number of anilines is 1. The lowest BCUT2D eigenvalue weighted by atomic mass is 10.2. The molecule has 0 unspecified atom stereocenters. The molecule has 0 saturated carbocycles. The van der Waals surface area contributed by atoms with Crippen molar-refractivity contribution in [1.82, 2.24) is 14.9 Å². The van der Waals surface area contributed by atoms with Crippen molar-refractivity contribution in [2.75, 3.05) is 37.7 Å². The second-order valence-corrected chi connectivity index (χ2v) is 10.7. The summed E-state index contributed by atoms with van der Waals surface area (Å²) < 4.78 is 11.0. The summed E-state index contributed by atoms with van der Waals surface area (Å²) in [5.41, 5.74) is 0.253. The first-order valence-electron chi connectivity index (χ1n) is 10.8. The van der Waals surface area contributed by atoms with Crippen molar-refractivity contribution in [3.8, 4) is 0 Å². The third kappa shape index (κ3) is 5.81. The summed E-state index contributed by atoms with van der Waals surface area (Å²) in [6.07, 6.45) is 0.446. The average Bonchev–Trinajstić information content (AvgIpc) is 2.87. The minimum Gasteiger partial charge on any atom is -0.461 e. The van der Waals surface area contributed by atoms with Gasteiger partial charge in [0.05, 0.1) is 12.0 Å². The smallest absolute Gasteiger partial charge is 0.410 e. The Kier molecular flexibility index (Phi) is 7.50. The monoisotopic (exact) mass is 482 g/mol. The van der Waals surface area contributed by atoms with E-state index in [4.69, 9.17) is 21.1 Å². The van der Waals surface area contributed by atoms with Gasteiger partial charge in [0.25, 0.3) is 0 Å². The Balaban J connectivity index is 1.87. The van der Waals surface area contributed by atoms with Crippen LogP contribution in [0.1, 0.15) is 56.3 Å². The van der Waals surface area contributed by atoms with Crippen LogP contribution in [-0.2, 0) is 9.47 Å². The number of hydrogen-bond acceptors (Lipinski definition) is 8. The molecule has 0 bridgehead atoms. The van der Waals surface area contributed by atoms with Crippen molar-refractivity contribution in [1.29, 1.82) is 0 Å². The number of nitrogens with zero attached hydrogens (tertiary/aromatic N) is 4. The van der Waals surface area contributed by atoms with Crippen LogP contribution in [0.3, 0.4) is 0 Å². The zero-order valence-electron chi connectivity index (χ0n) is 19.5. The molecular weight excluding hydrogens is 452 g/mol. The van der Waals surface area contributed by atoms with Crippen molar-refractivity contribution in [3.63, 3.8) is 0 Å². The average molecular weight is 483 g/mol. The predicted molar refractivity (Wildman–Crippen MR) is 127 cm³/mol. The molecule has 1 aliphatic rings. The number of carbonyl (C=O) groups is 2. The van der Waals surface area contributed by atoms with Crippen molar-refractivity contribution in [3.05, 3.63) is 15.7 Å². The van der Waals surface area contributed by atoms with Crippen LogP contribution in [0.5, 0.6) is 0 Å². The highest BCUT2D eigenvalue weighted by Crippen LogP contribution is 2.37. The van der Waals surface area contributed by atoms with Crippen LogP contribution in [0, 0.1) is 12.8 Å². The van der Waals surface area contributed by atoms with E-state index in [1.807, 2.05) is 41.5 Å². The van der Waals surface area contributed by atoms with Crippen LogP contribution in [0.15, 0.2) is 0 Å². The largest absolute Gasteiger partial charge is 0.461 e. The van der Waals surface area contributed by atoms with E-state index < -0.39 is 5.60 Å². The molecule has 2 aromatic heterocycles. The first-order chi connectivity index (χ1) is 15.0. The van der Waals surface area contributed by atoms with E-state index in [1.165, 1.54) is 11.3 Å². The van der Waals surface area contributed by atoms with E-state index in [-0.39, 0.29) is 23.3 Å². The summed E-state index contributed by atoms with van der Waals surface area (Å²) in [6.45, 7) is 14.2. The summed E-state index contributed by atoms with van der Waals surface area (Å²) >= 11 is 7.51. The quantitative estimate of drug-likeness (QED) is 0.452. The molecule has 2 aromatic rings. The second kappa shape index (κ2) is 9.79. The number of fused-ring (bicyclic) bond motifs is 1. The maximum Gasteiger partial charge on any atom is 0.410 e. The summed E-state index contributed by atoms with van der Waals surface area (Å²) in [5, 5.41) is 0.936. The molecule has 3 rings (SSSR count). The molecule has 0 atom stereocenters. The number of aryl methyl sites for hydroxylation is 1. The van der Waals surface area contributed by atoms with Gasteiger partial charge in [-0.15, -0.1) is 11.3 Å². The Bertz CT molecular complexity index is 1000. The summed E-state index contributed by atoms with van der Waals surface area (Å²) in [7, 11) is 0. The lowest BCUT2D eigenvalue weighted by molar-refractivity contribution is 0.0263. The van der Waals surface area contributed by atoms with Gasteiger partial charge >= 0.3 is 12.1 Å². The fourth-order valence-electron chi connectivity index (χ4n) is 3.46. The van der Waals surface area contributed by atoms with Crippen LogP contribution < -0.4 is 4.90 Å². The van der Waals surface area contributed by atoms with Gasteiger partial charge in [0.1, 0.15) is 21.1 Å². The van der Waals surface area contributed by atoms with Gasteiger partial charge in [-0.3, -0.25) is 0 Å². The molecule has 176 valence electrons. The molecule has 8 nitrogen and oxygen atoms in total. The Hall–Kier alpha value is -2.13. The Labute approximate surface area is 197 Å². The van der Waals surface area contributed by atoms with Crippen molar-refractivity contribution < 1.29 is 19.1 Å². The fourth-order valence-corrected chi connectivity index (χ4v) is 4.75. The van der Waals surface area contributed by atoms with Crippen molar-refractivity contribution in [2.45, 2.75) is 53.6 Å². The zero-order chi connectivity index (χ0) is 23.6. The number of amides is 1. The molecule has 0 aliphatic carbocycles. The van der Waals surface area contributed by atoms with Gasteiger partial charge in [0.2, 0.25) is 5.28 Å². The van der Waals surface area contributed by atoms with Gasteiger partial charge in [-0.05, 0) is 57.2 Å². The molecule has 1 amide bonds. The summed E-state index contributed by atoms with van der Waals surface area (Å²) in [6, 6.07) is 0. The van der Waals surface area contributed by atoms with Gasteiger partial charge in [0, 0.05) is 26.2 Å². The fraction of sp³-hybridized carbons (Fsp3) is 0.636. The number of rotatable bonds is 4. The van der Waals surface area contributed by atoms with E-state index in [9.17, 15) is 9.59 Å². The Morgan fingerprint density at radius 3 is 2.53 bits per heavy atom. The van der Waals surface area contributed by atoms with Gasteiger partial charge in [0.15, 0.2) is 0 Å². The molecule has 10 heteroatoms. The SMILES string of the molecule is Cc1c(C(=O)OCC(C)C)sc2nc(Cl)nc(N3CCCN(C(=O)OC(C)(C)C)CC3)c12. The molecule has 0 aromatic carbocycles. The summed E-state index contributed by atoms with van der Waals surface area (Å²) in [4.78, 5) is 39.0. The van der Waals surface area contributed by atoms with Gasteiger partial charge < -0.3 is 19.3 Å². The normalized spacial score (nSPS) is 15.2. The molecule has 32 heavy (non-hydrogen) atoms. The first kappa shape index (κ1) is 24.5. The van der Waals surface area contributed by atoms with E-state index >= 15 is 0 Å². The number of aromatic nitrogens is 2. The molecule has 3 heterocycles. The number of ether oxygens (including phenoxy) is 2. The molecule has 1 fully saturated rings. The highest BCUT2D eigenvalue weighted by molar-refractivity contribution is 7.20. The van der Waals surface area contributed by atoms with Gasteiger partial charge in [-0.25, -0.2) is 14.6 Å². The zero-order valence-corrected chi connectivity index (χ0v) is 21.1. The highest BCUT2D eigenvalue weighted by Gasteiger charge is 2.28. The van der Waals surface area contributed by atoms with E-state index in [1.54, 1.807) is 4.90 Å². The Morgan fingerprint density at radius 1 is 1.16 bits per heavy atom. The maximum absolute atomic E-state index is 12.6. The van der Waals surface area contributed by atoms with Crippen LogP contribution in [0.25, 0.3) is 10.2 Å². The minimum absolute atomic E-state index is 0.129. The minimum atomic E-state index is -0.538. The molecule has 1 saturated heterocycles. The number of carbonyl (C=O) groups excluding carboxylic acids is 2. The lowest BCUT2D eigenvalue weighted by Crippen LogP contribution is -2.39. The topological polar surface area (TPSA) is 84.9 Å². The molecule has 0 radical (unpaired) electrons. The standard InChI is InChI=1S/C22H31ClN4O4S/c1-13(2)12-30-19(28)16-14(3)15-17(24-20(23)25-18(15)32-16)26-8-7-9-27(11-10-26)21(29)31-22(4,5)6/h13H,7-12H2,1-6H3. The third-order valence-corrected chi connectivity index (χ3v) is 6.26. The first-order valence-corrected chi connectivity index (χ1v) is 12.0. The molecule has 0 N–H and O–H groups in total. The molecular formula is C22H31ClN4O4S. The maximum atomic E-state index is 12.6. The van der Waals surface area contributed by atoms with Crippen LogP contribution in [0.2, 0.25) is 5.28 Å². The summed E-state index contributed by atoms with van der Waals surface area (Å²) in [5.74, 6) is 0.583. The predicted octanol–water partition coefficient (Wildman–Crippen LogP) is 4.91. The van der Waals surface area contributed by atoms with E-state index in [2.05, 4.69) is 14.9 Å². The number of hydrogen-bond donors (Lipinski definition) is 0. The molecule has 1 aliphatic heterocycles. The van der Waals surface area contributed by atoms with E-state index in [0.717, 1.165) is 17.4 Å². The molecule has 0 spiro atoms. The Morgan fingerprint density at radius 2 is 1.88 bits per heavy atom. The van der Waals surface area contributed by atoms with E-state index in [0.29, 0.717) is 48.3 Å². The number of thiophene rings is 1. The van der Waals surface area contributed by atoms with Crippen molar-refractivity contribution in [2.24, 2.45) is 5.92 Å². The van der Waals surface area contributed by atoms with Gasteiger partial charge in [-0.1, -0.05) is 13.8 Å². The third-order valence-electron chi connectivity index (χ3n) is 4.92. The highest BCUT2D eigenvalue weighted by atomic mass is 35.5. The number of halogens is 1. The van der Waals surface area contributed by atoms with Crippen molar-refractivity contribution >= 4 is 51.0 Å². The van der Waals surface area contributed by atoms with Crippen LogP contribution >= 0.6 is 22.9 Å². The lowest BCUT2D eigenvalue weighted by Gasteiger charge is -2.26.